The normalized spacial score (nSPS) is 16.7. The zero-order valence-corrected chi connectivity index (χ0v) is 35.7. The lowest BCUT2D eigenvalue weighted by atomic mass is 9.95. The third-order valence-electron chi connectivity index (χ3n) is 10.9. The topological polar surface area (TPSA) is 161 Å². The molecule has 0 aliphatic carbocycles. The van der Waals surface area contributed by atoms with Gasteiger partial charge in [0.1, 0.15) is 11.5 Å². The maximum absolute atomic E-state index is 14.4. The van der Waals surface area contributed by atoms with Crippen molar-refractivity contribution in [1.82, 2.24) is 10.2 Å². The SMILES string of the molecule is CC(=O)Oc1cc2c(c3ccccc13)C(CCl)CN2C(=O)c1ccc(C(=O)N2C[C@@H](CCl)c3c2cc(OC(=O)NCCOCCOCCN2C(=O)C=CC2=O)c2ccccc32)s1. The van der Waals surface area contributed by atoms with Crippen LogP contribution in [0.1, 0.15) is 49.2 Å². The van der Waals surface area contributed by atoms with Gasteiger partial charge in [-0.15, -0.1) is 34.5 Å². The van der Waals surface area contributed by atoms with E-state index < -0.39 is 12.1 Å². The molecule has 1 aromatic heterocycles. The summed E-state index contributed by atoms with van der Waals surface area (Å²) < 4.78 is 22.4. The van der Waals surface area contributed by atoms with Crippen molar-refractivity contribution in [2.75, 3.05) is 74.2 Å². The van der Waals surface area contributed by atoms with Crippen LogP contribution in [0.3, 0.4) is 0 Å². The van der Waals surface area contributed by atoms with E-state index in [-0.39, 0.29) is 99.0 Å². The molecule has 4 aromatic carbocycles. The Hall–Kier alpha value is -5.84. The molecule has 1 unspecified atom stereocenters. The van der Waals surface area contributed by atoms with Crippen molar-refractivity contribution in [2.24, 2.45) is 0 Å². The molecule has 0 fully saturated rings. The molecule has 1 N–H and O–H groups in total. The van der Waals surface area contributed by atoms with E-state index in [1.54, 1.807) is 34.1 Å². The van der Waals surface area contributed by atoms with Gasteiger partial charge in [-0.25, -0.2) is 4.79 Å². The summed E-state index contributed by atoms with van der Waals surface area (Å²) in [5.74, 6) is -1.19. The number of nitrogens with zero attached hydrogens (tertiary/aromatic N) is 3. The van der Waals surface area contributed by atoms with Crippen molar-refractivity contribution < 1.29 is 47.7 Å². The monoisotopic (exact) mass is 898 g/mol. The van der Waals surface area contributed by atoms with Crippen molar-refractivity contribution in [2.45, 2.75) is 18.8 Å². The summed E-state index contributed by atoms with van der Waals surface area (Å²) in [6.07, 6.45) is 1.72. The van der Waals surface area contributed by atoms with Crippen LogP contribution in [-0.2, 0) is 23.9 Å². The van der Waals surface area contributed by atoms with Crippen molar-refractivity contribution in [3.8, 4) is 11.5 Å². The molecule has 4 heterocycles. The molecule has 3 aliphatic rings. The Labute approximate surface area is 369 Å². The molecule has 17 heteroatoms. The van der Waals surface area contributed by atoms with Gasteiger partial charge in [0.15, 0.2) is 0 Å². The number of fused-ring (bicyclic) bond motifs is 6. The van der Waals surface area contributed by atoms with Crippen LogP contribution in [0.2, 0.25) is 0 Å². The Morgan fingerprint density at radius 1 is 0.677 bits per heavy atom. The lowest BCUT2D eigenvalue weighted by Gasteiger charge is -2.19. The van der Waals surface area contributed by atoms with Gasteiger partial charge in [-0.3, -0.25) is 28.9 Å². The second-order valence-corrected chi connectivity index (χ2v) is 16.4. The second-order valence-electron chi connectivity index (χ2n) is 14.7. The molecular weight excluding hydrogens is 859 g/mol. The van der Waals surface area contributed by atoms with Gasteiger partial charge in [0.2, 0.25) is 0 Å². The first-order valence-electron chi connectivity index (χ1n) is 19.9. The first-order chi connectivity index (χ1) is 30.1. The van der Waals surface area contributed by atoms with Gasteiger partial charge in [-0.05, 0) is 34.0 Å². The molecule has 14 nitrogen and oxygen atoms in total. The minimum atomic E-state index is -0.720. The summed E-state index contributed by atoms with van der Waals surface area (Å²) in [4.78, 5) is 82.0. The first-order valence-corrected chi connectivity index (χ1v) is 21.8. The molecule has 8 rings (SSSR count). The standard InChI is InChI=1S/C45H40Cl2N4O10S/c1-26(52)60-35-20-33-41(31-8-4-2-6-29(31)35)27(22-46)24-50(33)43(55)37-10-11-38(62-37)44(56)51-25-28(23-47)42-32-9-5-3-7-30(32)36(21-34(42)51)61-45(57)48-14-16-58-18-19-59-17-15-49-39(53)12-13-40(49)54/h2-13,20-21,27-28H,14-19,22-25H2,1H3,(H,48,57)/t27?,28-/m1/s1. The highest BCUT2D eigenvalue weighted by atomic mass is 35.5. The predicted molar refractivity (Wildman–Crippen MR) is 235 cm³/mol. The molecule has 3 aliphatic heterocycles. The summed E-state index contributed by atoms with van der Waals surface area (Å²) in [5.41, 5.74) is 2.89. The van der Waals surface area contributed by atoms with Gasteiger partial charge < -0.3 is 34.1 Å². The molecular formula is C45H40Cl2N4O10S. The maximum atomic E-state index is 14.4. The van der Waals surface area contributed by atoms with Crippen molar-refractivity contribution in [3.63, 3.8) is 0 Å². The molecule has 62 heavy (non-hydrogen) atoms. The van der Waals surface area contributed by atoms with Gasteiger partial charge in [-0.2, -0.15) is 0 Å². The van der Waals surface area contributed by atoms with E-state index in [0.717, 1.165) is 43.5 Å². The number of thiophene rings is 1. The zero-order valence-electron chi connectivity index (χ0n) is 33.4. The number of nitrogens with one attached hydrogen (secondary N) is 1. The predicted octanol–water partition coefficient (Wildman–Crippen LogP) is 6.99. The highest BCUT2D eigenvalue weighted by molar-refractivity contribution is 7.16. The number of imide groups is 1. The molecule has 5 amide bonds. The summed E-state index contributed by atoms with van der Waals surface area (Å²) in [7, 11) is 0. The Morgan fingerprint density at radius 2 is 1.16 bits per heavy atom. The quantitative estimate of drug-likeness (QED) is 0.0381. The fourth-order valence-electron chi connectivity index (χ4n) is 8.11. The summed E-state index contributed by atoms with van der Waals surface area (Å²) in [5, 5.41) is 5.72. The second kappa shape index (κ2) is 18.6. The van der Waals surface area contributed by atoms with Crippen molar-refractivity contribution in [3.05, 3.63) is 106 Å². The summed E-state index contributed by atoms with van der Waals surface area (Å²) in [6.45, 7) is 3.00. The molecule has 0 saturated carbocycles. The molecule has 320 valence electrons. The number of benzene rings is 4. The Balaban J connectivity index is 0.946. The van der Waals surface area contributed by atoms with Crippen LogP contribution in [0, 0.1) is 0 Å². The molecule has 0 bridgehead atoms. The number of ether oxygens (including phenoxy) is 4. The van der Waals surface area contributed by atoms with Crippen molar-refractivity contribution >= 4 is 103 Å². The third kappa shape index (κ3) is 8.50. The van der Waals surface area contributed by atoms with Crippen LogP contribution in [0.25, 0.3) is 21.5 Å². The Bertz CT molecular complexity index is 2630. The van der Waals surface area contributed by atoms with Gasteiger partial charge in [0.05, 0.1) is 54.1 Å². The number of alkyl halides is 2. The molecule has 5 aromatic rings. The maximum Gasteiger partial charge on any atom is 0.412 e. The number of rotatable bonds is 15. The van der Waals surface area contributed by atoms with Crippen LogP contribution in [0.15, 0.2) is 84.9 Å². The Morgan fingerprint density at radius 3 is 1.66 bits per heavy atom. The van der Waals surface area contributed by atoms with E-state index in [0.29, 0.717) is 38.8 Å². The van der Waals surface area contributed by atoms with Gasteiger partial charge >= 0.3 is 12.1 Å². The van der Waals surface area contributed by atoms with Gasteiger partial charge in [0, 0.05) is 85.2 Å². The first kappa shape index (κ1) is 42.8. The smallest absolute Gasteiger partial charge is 0.412 e. The minimum Gasteiger partial charge on any atom is -0.426 e. The van der Waals surface area contributed by atoms with Crippen LogP contribution in [0.4, 0.5) is 16.2 Å². The molecule has 2 atom stereocenters. The number of carbonyl (C=O) groups is 6. The number of amides is 5. The molecule has 0 spiro atoms. The Kier molecular flexibility index (Phi) is 12.9. The number of hydrogen-bond donors (Lipinski definition) is 1. The van der Waals surface area contributed by atoms with Crippen LogP contribution in [-0.4, -0.2) is 105 Å². The lowest BCUT2D eigenvalue weighted by molar-refractivity contribution is -0.137. The highest BCUT2D eigenvalue weighted by Gasteiger charge is 2.38. The fraction of sp³-hybridized carbons (Fsp3) is 0.289. The summed E-state index contributed by atoms with van der Waals surface area (Å²) in [6, 6.07) is 21.6. The van der Waals surface area contributed by atoms with E-state index in [1.165, 1.54) is 19.1 Å². The number of esters is 1. The van der Waals surface area contributed by atoms with E-state index in [1.807, 2.05) is 48.5 Å². The average Bonchev–Trinajstić information content (AvgIpc) is 4.07. The van der Waals surface area contributed by atoms with E-state index in [2.05, 4.69) is 5.32 Å². The number of hydrogen-bond acceptors (Lipinski definition) is 11. The fourth-order valence-corrected chi connectivity index (χ4v) is 9.52. The number of halogens is 2. The number of carbonyl (C=O) groups excluding carboxylic acids is 6. The largest absolute Gasteiger partial charge is 0.426 e. The van der Waals surface area contributed by atoms with Gasteiger partial charge in [-0.1, -0.05) is 48.5 Å². The van der Waals surface area contributed by atoms with Crippen LogP contribution in [0.5, 0.6) is 11.5 Å². The lowest BCUT2D eigenvalue weighted by Crippen LogP contribution is -2.33. The van der Waals surface area contributed by atoms with E-state index in [4.69, 9.17) is 42.1 Å². The molecule has 0 radical (unpaired) electrons. The van der Waals surface area contributed by atoms with Crippen molar-refractivity contribution in [1.29, 1.82) is 0 Å². The minimum absolute atomic E-state index is 0.141. The van der Waals surface area contributed by atoms with E-state index >= 15 is 0 Å². The zero-order chi connectivity index (χ0) is 43.5. The van der Waals surface area contributed by atoms with Crippen LogP contribution < -0.4 is 24.6 Å². The van der Waals surface area contributed by atoms with E-state index in [9.17, 15) is 28.8 Å². The third-order valence-corrected chi connectivity index (χ3v) is 12.7. The molecule has 0 saturated heterocycles. The summed E-state index contributed by atoms with van der Waals surface area (Å²) >= 11 is 14.1. The van der Waals surface area contributed by atoms with Crippen LogP contribution >= 0.6 is 34.5 Å². The number of anilines is 2. The average molecular weight is 900 g/mol. The van der Waals surface area contributed by atoms with Gasteiger partial charge in [0.25, 0.3) is 23.6 Å². The highest BCUT2D eigenvalue weighted by Crippen LogP contribution is 2.48.